The molecule has 1 amide bonds. The van der Waals surface area contributed by atoms with Gasteiger partial charge in [-0.2, -0.15) is 0 Å². The topological polar surface area (TPSA) is 93.4 Å². The molecule has 7 heteroatoms. The van der Waals surface area contributed by atoms with Crippen LogP contribution in [0.25, 0.3) is 11.3 Å². The predicted molar refractivity (Wildman–Crippen MR) is 86.1 cm³/mol. The summed E-state index contributed by atoms with van der Waals surface area (Å²) in [5.74, 6) is 0.565. The minimum atomic E-state index is -0.123. The number of aromatic nitrogens is 2. The summed E-state index contributed by atoms with van der Waals surface area (Å²) in [5.41, 5.74) is 9.63. The molecule has 1 aromatic carbocycles. The lowest BCUT2D eigenvalue weighted by Gasteiger charge is -2.26. The van der Waals surface area contributed by atoms with Gasteiger partial charge >= 0.3 is 0 Å². The van der Waals surface area contributed by atoms with Crippen molar-refractivity contribution in [3.8, 4) is 11.3 Å². The van der Waals surface area contributed by atoms with E-state index in [9.17, 15) is 4.79 Å². The van der Waals surface area contributed by atoms with Gasteiger partial charge in [-0.1, -0.05) is 6.07 Å². The number of carbonyl (C=O) groups is 1. The molecule has 4 rings (SSSR count). The zero-order chi connectivity index (χ0) is 15.8. The summed E-state index contributed by atoms with van der Waals surface area (Å²) in [7, 11) is 0. The second-order valence-electron chi connectivity index (χ2n) is 5.58. The van der Waals surface area contributed by atoms with Crippen LogP contribution >= 0.6 is 0 Å². The van der Waals surface area contributed by atoms with E-state index in [-0.39, 0.29) is 5.91 Å². The first-order valence-electron chi connectivity index (χ1n) is 7.60. The first kappa shape index (κ1) is 14.0. The SMILES string of the molecule is Nc1ccc(-c2ccnc(N3CCOCC3)n2)c2c1C(=O)NC2. The van der Waals surface area contributed by atoms with Crippen molar-refractivity contribution in [1.29, 1.82) is 0 Å². The molecule has 0 radical (unpaired) electrons. The van der Waals surface area contributed by atoms with Crippen LogP contribution in [-0.4, -0.2) is 42.2 Å². The molecule has 2 aliphatic rings. The standard InChI is InChI=1S/C16H17N5O2/c17-12-2-1-10(11-9-19-15(22)14(11)12)13-3-4-18-16(20-13)21-5-7-23-8-6-21/h1-4H,5-9,17H2,(H,19,22). The molecule has 7 nitrogen and oxygen atoms in total. The van der Waals surface area contributed by atoms with Crippen LogP contribution in [0.1, 0.15) is 15.9 Å². The molecule has 118 valence electrons. The highest BCUT2D eigenvalue weighted by atomic mass is 16.5. The fourth-order valence-electron chi connectivity index (χ4n) is 3.03. The maximum Gasteiger partial charge on any atom is 0.254 e. The zero-order valence-electron chi connectivity index (χ0n) is 12.6. The van der Waals surface area contributed by atoms with Gasteiger partial charge in [0.25, 0.3) is 5.91 Å². The van der Waals surface area contributed by atoms with Gasteiger partial charge in [-0.15, -0.1) is 0 Å². The third-order valence-electron chi connectivity index (χ3n) is 4.21. The number of rotatable bonds is 2. The summed E-state index contributed by atoms with van der Waals surface area (Å²) in [6.45, 7) is 3.41. The molecule has 0 bridgehead atoms. The van der Waals surface area contributed by atoms with Crippen molar-refractivity contribution in [2.75, 3.05) is 36.9 Å². The zero-order valence-corrected chi connectivity index (χ0v) is 12.6. The monoisotopic (exact) mass is 311 g/mol. The summed E-state index contributed by atoms with van der Waals surface area (Å²) in [6, 6.07) is 5.54. The maximum atomic E-state index is 11.9. The van der Waals surface area contributed by atoms with Crippen LogP contribution in [0.3, 0.4) is 0 Å². The van der Waals surface area contributed by atoms with Crippen molar-refractivity contribution in [1.82, 2.24) is 15.3 Å². The molecule has 0 atom stereocenters. The molecular formula is C16H17N5O2. The van der Waals surface area contributed by atoms with Crippen molar-refractivity contribution in [2.24, 2.45) is 0 Å². The quantitative estimate of drug-likeness (QED) is 0.797. The third kappa shape index (κ3) is 2.39. The van der Waals surface area contributed by atoms with Gasteiger partial charge in [0.2, 0.25) is 5.95 Å². The molecule has 0 saturated carbocycles. The van der Waals surface area contributed by atoms with Gasteiger partial charge in [0.05, 0.1) is 24.5 Å². The number of nitrogens with zero attached hydrogens (tertiary/aromatic N) is 3. The molecule has 1 saturated heterocycles. The Morgan fingerprint density at radius 2 is 2.04 bits per heavy atom. The van der Waals surface area contributed by atoms with Gasteiger partial charge in [0.15, 0.2) is 0 Å². The molecule has 2 aromatic rings. The van der Waals surface area contributed by atoms with Gasteiger partial charge in [-0.3, -0.25) is 4.79 Å². The number of morpholine rings is 1. The van der Waals surface area contributed by atoms with E-state index in [1.54, 1.807) is 12.3 Å². The normalized spacial score (nSPS) is 17.0. The van der Waals surface area contributed by atoms with E-state index in [4.69, 9.17) is 10.5 Å². The molecule has 23 heavy (non-hydrogen) atoms. The lowest BCUT2D eigenvalue weighted by Crippen LogP contribution is -2.37. The number of amides is 1. The summed E-state index contributed by atoms with van der Waals surface area (Å²) >= 11 is 0. The van der Waals surface area contributed by atoms with Crippen molar-refractivity contribution in [2.45, 2.75) is 6.54 Å². The third-order valence-corrected chi connectivity index (χ3v) is 4.21. The average molecular weight is 311 g/mol. The summed E-state index contributed by atoms with van der Waals surface area (Å²) in [4.78, 5) is 23.1. The Morgan fingerprint density at radius 3 is 2.87 bits per heavy atom. The van der Waals surface area contributed by atoms with Crippen molar-refractivity contribution < 1.29 is 9.53 Å². The smallest absolute Gasteiger partial charge is 0.254 e. The minimum absolute atomic E-state index is 0.123. The van der Waals surface area contributed by atoms with E-state index in [0.29, 0.717) is 37.0 Å². The number of benzene rings is 1. The van der Waals surface area contributed by atoms with Gasteiger partial charge in [-0.05, 0) is 17.7 Å². The predicted octanol–water partition coefficient (Wildman–Crippen LogP) is 0.806. The number of anilines is 2. The van der Waals surface area contributed by atoms with Gasteiger partial charge in [0, 0.05) is 37.1 Å². The lowest BCUT2D eigenvalue weighted by atomic mass is 9.99. The highest BCUT2D eigenvalue weighted by Crippen LogP contribution is 2.32. The minimum Gasteiger partial charge on any atom is -0.398 e. The fraction of sp³-hybridized carbons (Fsp3) is 0.312. The van der Waals surface area contributed by atoms with Gasteiger partial charge < -0.3 is 20.7 Å². The Balaban J connectivity index is 1.76. The molecule has 0 spiro atoms. The lowest BCUT2D eigenvalue weighted by molar-refractivity contribution is 0.0966. The molecule has 2 aliphatic heterocycles. The van der Waals surface area contributed by atoms with Crippen molar-refractivity contribution in [3.63, 3.8) is 0 Å². The Labute approximate surface area is 133 Å². The van der Waals surface area contributed by atoms with Crippen LogP contribution < -0.4 is 16.0 Å². The van der Waals surface area contributed by atoms with Gasteiger partial charge in [0.1, 0.15) is 0 Å². The molecule has 1 fully saturated rings. The van der Waals surface area contributed by atoms with E-state index in [0.717, 1.165) is 29.9 Å². The molecular weight excluding hydrogens is 294 g/mol. The largest absolute Gasteiger partial charge is 0.398 e. The van der Waals surface area contributed by atoms with Crippen molar-refractivity contribution in [3.05, 3.63) is 35.5 Å². The summed E-state index contributed by atoms with van der Waals surface area (Å²) in [6.07, 6.45) is 1.75. The Kier molecular flexibility index (Phi) is 3.34. The second-order valence-corrected chi connectivity index (χ2v) is 5.58. The van der Waals surface area contributed by atoms with Crippen LogP contribution in [0.2, 0.25) is 0 Å². The Morgan fingerprint density at radius 1 is 1.22 bits per heavy atom. The molecule has 0 aliphatic carbocycles. The number of fused-ring (bicyclic) bond motifs is 1. The van der Waals surface area contributed by atoms with E-state index in [1.807, 2.05) is 12.1 Å². The van der Waals surface area contributed by atoms with Crippen LogP contribution in [0, 0.1) is 0 Å². The number of nitrogen functional groups attached to an aromatic ring is 1. The van der Waals surface area contributed by atoms with Crippen LogP contribution in [0.5, 0.6) is 0 Å². The molecule has 1 aromatic heterocycles. The number of nitrogens with one attached hydrogen (secondary N) is 1. The number of ether oxygens (including phenoxy) is 1. The summed E-state index contributed by atoms with van der Waals surface area (Å²) < 4.78 is 5.36. The number of hydrogen-bond donors (Lipinski definition) is 2. The second kappa shape index (κ2) is 5.51. The van der Waals surface area contributed by atoms with E-state index < -0.39 is 0 Å². The summed E-state index contributed by atoms with van der Waals surface area (Å²) in [5, 5.41) is 2.82. The first-order valence-corrected chi connectivity index (χ1v) is 7.60. The maximum absolute atomic E-state index is 11.9. The van der Waals surface area contributed by atoms with Crippen LogP contribution in [0.4, 0.5) is 11.6 Å². The van der Waals surface area contributed by atoms with E-state index in [1.165, 1.54) is 0 Å². The Hall–Kier alpha value is -2.67. The number of nitrogens with two attached hydrogens (primary N) is 1. The van der Waals surface area contributed by atoms with Gasteiger partial charge in [-0.25, -0.2) is 9.97 Å². The highest BCUT2D eigenvalue weighted by molar-refractivity contribution is 6.05. The number of hydrogen-bond acceptors (Lipinski definition) is 6. The van der Waals surface area contributed by atoms with Crippen LogP contribution in [-0.2, 0) is 11.3 Å². The van der Waals surface area contributed by atoms with E-state index >= 15 is 0 Å². The van der Waals surface area contributed by atoms with Crippen molar-refractivity contribution >= 4 is 17.5 Å². The molecule has 0 unspecified atom stereocenters. The van der Waals surface area contributed by atoms with E-state index in [2.05, 4.69) is 20.2 Å². The highest BCUT2D eigenvalue weighted by Gasteiger charge is 2.25. The fourth-order valence-corrected chi connectivity index (χ4v) is 3.03. The molecule has 3 heterocycles. The first-order chi connectivity index (χ1) is 11.2. The number of carbonyl (C=O) groups excluding carboxylic acids is 1. The Bertz CT molecular complexity index is 771. The average Bonchev–Trinajstić information content (AvgIpc) is 2.99. The van der Waals surface area contributed by atoms with Crippen LogP contribution in [0.15, 0.2) is 24.4 Å². The molecule has 3 N–H and O–H groups in total.